The van der Waals surface area contributed by atoms with Crippen molar-refractivity contribution in [3.63, 3.8) is 0 Å². The molecule has 1 aromatic carbocycles. The number of esters is 1. The summed E-state index contributed by atoms with van der Waals surface area (Å²) in [5, 5.41) is 15.6. The first-order valence-electron chi connectivity index (χ1n) is 11.7. The summed E-state index contributed by atoms with van der Waals surface area (Å²) in [5.41, 5.74) is 0.693. The molecule has 0 aliphatic carbocycles. The maximum absolute atomic E-state index is 13.1. The van der Waals surface area contributed by atoms with Crippen LogP contribution in [0.25, 0.3) is 0 Å². The Hall–Kier alpha value is -2.67. The Morgan fingerprint density at radius 2 is 1.94 bits per heavy atom. The minimum atomic E-state index is -0.557. The van der Waals surface area contributed by atoms with E-state index in [4.69, 9.17) is 4.74 Å². The first-order chi connectivity index (χ1) is 15.7. The van der Waals surface area contributed by atoms with E-state index in [2.05, 4.69) is 10.6 Å². The number of carbonyl (C=O) groups is 3. The Balaban J connectivity index is 2.07. The number of rotatable bonds is 6. The number of hydrogen-bond acceptors (Lipinski definition) is 5. The second kappa shape index (κ2) is 13.1. The molecule has 0 bridgehead atoms. The van der Waals surface area contributed by atoms with Crippen molar-refractivity contribution in [2.75, 3.05) is 13.2 Å². The van der Waals surface area contributed by atoms with E-state index in [0.29, 0.717) is 32.1 Å². The van der Waals surface area contributed by atoms with Crippen LogP contribution in [0.3, 0.4) is 0 Å². The third-order valence-electron chi connectivity index (χ3n) is 5.82. The van der Waals surface area contributed by atoms with Crippen LogP contribution >= 0.6 is 0 Å². The first kappa shape index (κ1) is 26.6. The maximum atomic E-state index is 13.1. The third kappa shape index (κ3) is 9.78. The standard InChI is InChI=1S/C26H38N2O5/c1-26(2,3)22-18-33-24(31)14-10-5-4-9-13-20(25(32)28-22)16-23(30)27-21(17-29)15-19-11-7-6-8-12-19/h4,6-9,11-12,20-22,29H,5,10,13-18H2,1-3H3,(H,27,30)(H,28,32)/t20-,21+,22-/m1/s1. The zero-order valence-electron chi connectivity index (χ0n) is 20.0. The second-order valence-electron chi connectivity index (χ2n) is 9.75. The van der Waals surface area contributed by atoms with Gasteiger partial charge in [0.2, 0.25) is 11.8 Å². The summed E-state index contributed by atoms with van der Waals surface area (Å²) in [5.74, 6) is -1.34. The van der Waals surface area contributed by atoms with E-state index in [1.54, 1.807) is 0 Å². The molecule has 0 spiro atoms. The number of aliphatic hydroxyl groups excluding tert-OH is 1. The molecule has 33 heavy (non-hydrogen) atoms. The number of benzene rings is 1. The quantitative estimate of drug-likeness (QED) is 0.449. The van der Waals surface area contributed by atoms with E-state index < -0.39 is 12.0 Å². The fourth-order valence-corrected chi connectivity index (χ4v) is 3.64. The van der Waals surface area contributed by atoms with Gasteiger partial charge in [-0.3, -0.25) is 14.4 Å². The summed E-state index contributed by atoms with van der Waals surface area (Å²) in [6, 6.07) is 8.85. The zero-order chi connectivity index (χ0) is 24.3. The van der Waals surface area contributed by atoms with Crippen molar-refractivity contribution in [3.05, 3.63) is 48.0 Å². The molecule has 1 aliphatic heterocycles. The van der Waals surface area contributed by atoms with Gasteiger partial charge in [0.25, 0.3) is 0 Å². The lowest BCUT2D eigenvalue weighted by Crippen LogP contribution is -2.50. The molecular formula is C26H38N2O5. The number of hydrogen-bond donors (Lipinski definition) is 3. The van der Waals surface area contributed by atoms with Crippen LogP contribution in [0.4, 0.5) is 0 Å². The Labute approximate surface area is 197 Å². The van der Waals surface area contributed by atoms with Crippen molar-refractivity contribution in [1.29, 1.82) is 0 Å². The molecule has 182 valence electrons. The van der Waals surface area contributed by atoms with Gasteiger partial charge in [-0.2, -0.15) is 0 Å². The van der Waals surface area contributed by atoms with Gasteiger partial charge in [-0.25, -0.2) is 0 Å². The zero-order valence-corrected chi connectivity index (χ0v) is 20.0. The summed E-state index contributed by atoms with van der Waals surface area (Å²) < 4.78 is 5.40. The smallest absolute Gasteiger partial charge is 0.305 e. The van der Waals surface area contributed by atoms with Crippen molar-refractivity contribution >= 4 is 17.8 Å². The summed E-state index contributed by atoms with van der Waals surface area (Å²) >= 11 is 0. The van der Waals surface area contributed by atoms with E-state index in [0.717, 1.165) is 5.56 Å². The van der Waals surface area contributed by atoms with Crippen LogP contribution in [0.5, 0.6) is 0 Å². The molecule has 3 atom stereocenters. The Morgan fingerprint density at radius 3 is 2.61 bits per heavy atom. The van der Waals surface area contributed by atoms with E-state index in [1.165, 1.54) is 0 Å². The lowest BCUT2D eigenvalue weighted by atomic mass is 9.86. The van der Waals surface area contributed by atoms with E-state index in [9.17, 15) is 19.5 Å². The van der Waals surface area contributed by atoms with E-state index in [1.807, 2.05) is 63.3 Å². The molecule has 7 nitrogen and oxygen atoms in total. The molecule has 0 aromatic heterocycles. The molecule has 3 N–H and O–H groups in total. The SMILES string of the molecule is CC(C)(C)[C@H]1COC(=O)CCCC=CC[C@H](CC(=O)N[C@H](CO)Cc2ccccc2)C(=O)N1. The van der Waals surface area contributed by atoms with Crippen molar-refractivity contribution in [1.82, 2.24) is 10.6 Å². The van der Waals surface area contributed by atoms with Crippen LogP contribution in [0.15, 0.2) is 42.5 Å². The Bertz CT molecular complexity index is 801. The molecule has 0 unspecified atom stereocenters. The van der Waals surface area contributed by atoms with Gasteiger partial charge in [0, 0.05) is 12.8 Å². The topological polar surface area (TPSA) is 105 Å². The van der Waals surface area contributed by atoms with Gasteiger partial charge in [0.15, 0.2) is 0 Å². The normalized spacial score (nSPS) is 21.6. The van der Waals surface area contributed by atoms with Crippen LogP contribution in [0.2, 0.25) is 0 Å². The minimum absolute atomic E-state index is 0.0120. The highest BCUT2D eigenvalue weighted by molar-refractivity contribution is 5.86. The number of ether oxygens (including phenoxy) is 1. The molecule has 1 heterocycles. The minimum Gasteiger partial charge on any atom is -0.463 e. The first-order valence-corrected chi connectivity index (χ1v) is 11.7. The van der Waals surface area contributed by atoms with Crippen LogP contribution in [0.1, 0.15) is 58.4 Å². The van der Waals surface area contributed by atoms with Crippen LogP contribution in [-0.4, -0.2) is 48.2 Å². The van der Waals surface area contributed by atoms with Crippen LogP contribution < -0.4 is 10.6 Å². The lowest BCUT2D eigenvalue weighted by molar-refractivity contribution is -0.146. The second-order valence-corrected chi connectivity index (χ2v) is 9.75. The molecule has 2 amide bonds. The number of aliphatic hydroxyl groups is 1. The number of amides is 2. The van der Waals surface area contributed by atoms with Gasteiger partial charge in [-0.05, 0) is 36.7 Å². The summed E-state index contributed by atoms with van der Waals surface area (Å²) in [6.07, 6.45) is 6.52. The highest BCUT2D eigenvalue weighted by Gasteiger charge is 2.31. The predicted octanol–water partition coefficient (Wildman–Crippen LogP) is 2.92. The predicted molar refractivity (Wildman–Crippen MR) is 127 cm³/mol. The highest BCUT2D eigenvalue weighted by Crippen LogP contribution is 2.22. The number of cyclic esters (lactones) is 1. The average molecular weight is 459 g/mol. The molecule has 1 aromatic rings. The van der Waals surface area contributed by atoms with Gasteiger partial charge in [0.05, 0.1) is 24.6 Å². The van der Waals surface area contributed by atoms with Crippen molar-refractivity contribution < 1.29 is 24.2 Å². The monoisotopic (exact) mass is 458 g/mol. The van der Waals surface area contributed by atoms with Gasteiger partial charge in [-0.1, -0.05) is 63.3 Å². The highest BCUT2D eigenvalue weighted by atomic mass is 16.5. The average Bonchev–Trinajstić information content (AvgIpc) is 2.78. The molecule has 7 heteroatoms. The van der Waals surface area contributed by atoms with Gasteiger partial charge in [0.1, 0.15) is 6.61 Å². The van der Waals surface area contributed by atoms with Crippen LogP contribution in [-0.2, 0) is 25.5 Å². The molecule has 1 aliphatic rings. The van der Waals surface area contributed by atoms with Gasteiger partial charge < -0.3 is 20.5 Å². The number of allylic oxidation sites excluding steroid dienone is 2. The molecule has 0 saturated heterocycles. The van der Waals surface area contributed by atoms with Gasteiger partial charge in [-0.15, -0.1) is 0 Å². The Morgan fingerprint density at radius 1 is 1.21 bits per heavy atom. The molecular weight excluding hydrogens is 420 g/mol. The molecule has 0 saturated carbocycles. The van der Waals surface area contributed by atoms with E-state index in [-0.39, 0.29) is 48.9 Å². The van der Waals surface area contributed by atoms with Crippen molar-refractivity contribution in [3.8, 4) is 0 Å². The molecule has 2 rings (SSSR count). The summed E-state index contributed by atoms with van der Waals surface area (Å²) in [4.78, 5) is 37.9. The number of carbonyl (C=O) groups excluding carboxylic acids is 3. The van der Waals surface area contributed by atoms with E-state index >= 15 is 0 Å². The fourth-order valence-electron chi connectivity index (χ4n) is 3.64. The fraction of sp³-hybridized carbons (Fsp3) is 0.577. The largest absolute Gasteiger partial charge is 0.463 e. The molecule has 0 radical (unpaired) electrons. The Kier molecular flexibility index (Phi) is 10.6. The van der Waals surface area contributed by atoms with Crippen LogP contribution in [0, 0.1) is 11.3 Å². The van der Waals surface area contributed by atoms with Gasteiger partial charge >= 0.3 is 5.97 Å². The third-order valence-corrected chi connectivity index (χ3v) is 5.82. The maximum Gasteiger partial charge on any atom is 0.305 e. The summed E-state index contributed by atoms with van der Waals surface area (Å²) in [6.45, 7) is 5.84. The molecule has 0 fully saturated rings. The van der Waals surface area contributed by atoms with Crippen molar-refractivity contribution in [2.24, 2.45) is 11.3 Å². The summed E-state index contributed by atoms with van der Waals surface area (Å²) in [7, 11) is 0. The number of nitrogens with one attached hydrogen (secondary N) is 2. The van der Waals surface area contributed by atoms with Crippen molar-refractivity contribution in [2.45, 2.75) is 71.4 Å². The lowest BCUT2D eigenvalue weighted by Gasteiger charge is -2.32.